The Morgan fingerprint density at radius 1 is 1.39 bits per heavy atom. The van der Waals surface area contributed by atoms with Gasteiger partial charge in [-0.1, -0.05) is 16.8 Å². The smallest absolute Gasteiger partial charge is 0.261 e. The topological polar surface area (TPSA) is 64.9 Å². The number of nitrogens with zero attached hydrogens (tertiary/aromatic N) is 2. The van der Waals surface area contributed by atoms with Gasteiger partial charge in [-0.15, -0.1) is 0 Å². The van der Waals surface area contributed by atoms with Gasteiger partial charge in [0, 0.05) is 12.5 Å². The van der Waals surface area contributed by atoms with E-state index in [2.05, 4.69) is 10.1 Å². The predicted molar refractivity (Wildman–Crippen MR) is 62.0 cm³/mol. The third kappa shape index (κ3) is 2.65. The van der Waals surface area contributed by atoms with Gasteiger partial charge in [-0.05, 0) is 19.1 Å². The molecule has 2 rings (SSSR count). The summed E-state index contributed by atoms with van der Waals surface area (Å²) in [6.45, 7) is 1.78. The van der Waals surface area contributed by atoms with Crippen LogP contribution in [-0.2, 0) is 6.42 Å². The van der Waals surface area contributed by atoms with Crippen LogP contribution in [0.1, 0.15) is 12.7 Å². The Labute approximate surface area is 107 Å². The molecule has 0 bridgehead atoms. The maximum Gasteiger partial charge on any atom is 0.261 e. The van der Waals surface area contributed by atoms with E-state index < -0.39 is 11.6 Å². The zero-order valence-electron chi connectivity index (χ0n) is 9.45. The summed E-state index contributed by atoms with van der Waals surface area (Å²) in [5.41, 5.74) is 5.45. The lowest BCUT2D eigenvalue weighted by atomic mass is 10.2. The van der Waals surface area contributed by atoms with Crippen LogP contribution < -0.4 is 5.73 Å². The molecule has 2 N–H and O–H groups in total. The molecule has 0 aliphatic rings. The van der Waals surface area contributed by atoms with Gasteiger partial charge in [-0.2, -0.15) is 4.98 Å². The third-order valence-corrected chi connectivity index (χ3v) is 2.50. The summed E-state index contributed by atoms with van der Waals surface area (Å²) in [5, 5.41) is 3.34. The number of halogens is 3. The molecular formula is C11H10ClF2N3O. The monoisotopic (exact) mass is 273 g/mol. The molecule has 0 amide bonds. The van der Waals surface area contributed by atoms with Crippen LogP contribution in [-0.4, -0.2) is 16.2 Å². The Morgan fingerprint density at radius 3 is 2.78 bits per heavy atom. The minimum Gasteiger partial charge on any atom is -0.334 e. The van der Waals surface area contributed by atoms with Crippen LogP contribution >= 0.6 is 11.6 Å². The highest BCUT2D eigenvalue weighted by atomic mass is 35.5. The van der Waals surface area contributed by atoms with Gasteiger partial charge in [-0.25, -0.2) is 8.78 Å². The molecule has 0 saturated carbocycles. The number of hydrogen-bond acceptors (Lipinski definition) is 4. The summed E-state index contributed by atoms with van der Waals surface area (Å²) >= 11 is 5.45. The zero-order chi connectivity index (χ0) is 13.3. The van der Waals surface area contributed by atoms with E-state index in [9.17, 15) is 8.78 Å². The molecule has 0 saturated heterocycles. The van der Waals surface area contributed by atoms with E-state index >= 15 is 0 Å². The van der Waals surface area contributed by atoms with Crippen LogP contribution in [0.15, 0.2) is 16.7 Å². The molecule has 0 spiro atoms. The molecule has 18 heavy (non-hydrogen) atoms. The fourth-order valence-corrected chi connectivity index (χ4v) is 1.57. The molecule has 1 unspecified atom stereocenters. The summed E-state index contributed by atoms with van der Waals surface area (Å²) in [4.78, 5) is 3.94. The Kier molecular flexibility index (Phi) is 3.58. The van der Waals surface area contributed by atoms with Crippen molar-refractivity contribution in [3.63, 3.8) is 0 Å². The highest BCUT2D eigenvalue weighted by molar-refractivity contribution is 6.30. The van der Waals surface area contributed by atoms with E-state index in [4.69, 9.17) is 21.9 Å². The van der Waals surface area contributed by atoms with E-state index in [1.54, 1.807) is 6.92 Å². The van der Waals surface area contributed by atoms with Crippen molar-refractivity contribution in [1.82, 2.24) is 10.1 Å². The van der Waals surface area contributed by atoms with E-state index in [1.165, 1.54) is 0 Å². The molecule has 0 aliphatic heterocycles. The van der Waals surface area contributed by atoms with Crippen molar-refractivity contribution >= 4 is 11.6 Å². The molecule has 0 radical (unpaired) electrons. The first kappa shape index (κ1) is 12.9. The summed E-state index contributed by atoms with van der Waals surface area (Å²) < 4.78 is 31.7. The normalized spacial score (nSPS) is 12.7. The SMILES string of the molecule is CC(N)Cc1noc(-c2cc(F)c(Cl)cc2F)n1. The van der Waals surface area contributed by atoms with E-state index in [0.717, 1.165) is 12.1 Å². The number of hydrogen-bond donors (Lipinski definition) is 1. The lowest BCUT2D eigenvalue weighted by Crippen LogP contribution is -2.18. The summed E-state index contributed by atoms with van der Waals surface area (Å²) in [6, 6.07) is 1.63. The number of rotatable bonds is 3. The van der Waals surface area contributed by atoms with Crippen molar-refractivity contribution in [2.75, 3.05) is 0 Å². The second kappa shape index (κ2) is 4.99. The van der Waals surface area contributed by atoms with E-state index in [-0.39, 0.29) is 22.5 Å². The zero-order valence-corrected chi connectivity index (χ0v) is 10.2. The van der Waals surface area contributed by atoms with Crippen molar-refractivity contribution in [2.24, 2.45) is 5.73 Å². The van der Waals surface area contributed by atoms with Gasteiger partial charge in [0.1, 0.15) is 11.6 Å². The minimum absolute atomic E-state index is 0.0984. The molecule has 4 nitrogen and oxygen atoms in total. The molecule has 0 aliphatic carbocycles. The Bertz CT molecular complexity index is 571. The molecule has 1 atom stereocenters. The fourth-order valence-electron chi connectivity index (χ4n) is 1.42. The van der Waals surface area contributed by atoms with E-state index in [1.807, 2.05) is 0 Å². The average Bonchev–Trinajstić information content (AvgIpc) is 2.70. The predicted octanol–water partition coefficient (Wildman–Crippen LogP) is 2.56. The van der Waals surface area contributed by atoms with Gasteiger partial charge in [0.05, 0.1) is 10.6 Å². The van der Waals surface area contributed by atoms with Crippen molar-refractivity contribution in [2.45, 2.75) is 19.4 Å². The van der Waals surface area contributed by atoms with Gasteiger partial charge >= 0.3 is 0 Å². The summed E-state index contributed by atoms with van der Waals surface area (Å²) in [6.07, 6.45) is 0.390. The molecular weight excluding hydrogens is 264 g/mol. The number of nitrogens with two attached hydrogens (primary N) is 1. The lowest BCUT2D eigenvalue weighted by molar-refractivity contribution is 0.418. The largest absolute Gasteiger partial charge is 0.334 e. The second-order valence-electron chi connectivity index (χ2n) is 3.94. The van der Waals surface area contributed by atoms with Crippen molar-refractivity contribution in [3.05, 3.63) is 34.6 Å². The standard InChI is InChI=1S/C11H10ClF2N3O/c1-5(15)2-10-16-11(18-17-10)6-3-9(14)7(12)4-8(6)13/h3-5H,2,15H2,1H3. The third-order valence-electron chi connectivity index (χ3n) is 2.21. The minimum atomic E-state index is -0.750. The number of aromatic nitrogens is 2. The Hall–Kier alpha value is -1.53. The summed E-state index contributed by atoms with van der Waals surface area (Å²) in [7, 11) is 0. The van der Waals surface area contributed by atoms with Crippen LogP contribution in [0, 0.1) is 11.6 Å². The van der Waals surface area contributed by atoms with Gasteiger partial charge < -0.3 is 10.3 Å². The Morgan fingerprint density at radius 2 is 2.11 bits per heavy atom. The van der Waals surface area contributed by atoms with Gasteiger partial charge in [0.25, 0.3) is 5.89 Å². The average molecular weight is 274 g/mol. The molecule has 1 aromatic carbocycles. The highest BCUT2D eigenvalue weighted by Gasteiger charge is 2.16. The highest BCUT2D eigenvalue weighted by Crippen LogP contribution is 2.26. The van der Waals surface area contributed by atoms with E-state index in [0.29, 0.717) is 12.2 Å². The fraction of sp³-hybridized carbons (Fsp3) is 0.273. The first-order valence-corrected chi connectivity index (χ1v) is 5.58. The van der Waals surface area contributed by atoms with Crippen LogP contribution in [0.3, 0.4) is 0 Å². The van der Waals surface area contributed by atoms with Crippen molar-refractivity contribution < 1.29 is 13.3 Å². The Balaban J connectivity index is 2.37. The number of benzene rings is 1. The first-order valence-electron chi connectivity index (χ1n) is 5.20. The maximum absolute atomic E-state index is 13.6. The second-order valence-corrected chi connectivity index (χ2v) is 4.35. The molecule has 1 aromatic heterocycles. The molecule has 7 heteroatoms. The van der Waals surface area contributed by atoms with Crippen molar-refractivity contribution in [3.8, 4) is 11.5 Å². The van der Waals surface area contributed by atoms with Crippen molar-refractivity contribution in [1.29, 1.82) is 0 Å². The lowest BCUT2D eigenvalue weighted by Gasteiger charge is -1.99. The van der Waals surface area contributed by atoms with Crippen LogP contribution in [0.25, 0.3) is 11.5 Å². The maximum atomic E-state index is 13.6. The molecule has 96 valence electrons. The van der Waals surface area contributed by atoms with Gasteiger partial charge in [0.2, 0.25) is 0 Å². The van der Waals surface area contributed by atoms with Crippen LogP contribution in [0.2, 0.25) is 5.02 Å². The molecule has 1 heterocycles. The molecule has 2 aromatic rings. The van der Waals surface area contributed by atoms with Crippen LogP contribution in [0.5, 0.6) is 0 Å². The first-order chi connectivity index (χ1) is 8.47. The molecule has 0 fully saturated rings. The van der Waals surface area contributed by atoms with Gasteiger partial charge in [0.15, 0.2) is 5.82 Å². The summed E-state index contributed by atoms with van der Waals surface area (Å²) in [5.74, 6) is -1.23. The van der Waals surface area contributed by atoms with Gasteiger partial charge in [-0.3, -0.25) is 0 Å². The quantitative estimate of drug-likeness (QED) is 0.873. The van der Waals surface area contributed by atoms with Crippen LogP contribution in [0.4, 0.5) is 8.78 Å².